The van der Waals surface area contributed by atoms with Crippen molar-refractivity contribution in [2.75, 3.05) is 17.7 Å². The van der Waals surface area contributed by atoms with E-state index in [-0.39, 0.29) is 11.5 Å². The summed E-state index contributed by atoms with van der Waals surface area (Å²) in [6.45, 7) is 1.70. The first-order valence-electron chi connectivity index (χ1n) is 9.58. The van der Waals surface area contributed by atoms with E-state index in [1.54, 1.807) is 31.2 Å². The third kappa shape index (κ3) is 4.62. The highest BCUT2D eigenvalue weighted by Gasteiger charge is 2.17. The first-order valence-corrected chi connectivity index (χ1v) is 9.96. The Morgan fingerprint density at radius 3 is 2.59 bits per heavy atom. The van der Waals surface area contributed by atoms with E-state index in [4.69, 9.17) is 16.3 Å². The van der Waals surface area contributed by atoms with Crippen molar-refractivity contribution >= 4 is 29.1 Å². The number of carbonyl (C=O) groups is 1. The van der Waals surface area contributed by atoms with E-state index in [9.17, 15) is 9.59 Å². The molecule has 0 atom stereocenters. The van der Waals surface area contributed by atoms with Crippen molar-refractivity contribution in [1.29, 1.82) is 0 Å². The Kier molecular flexibility index (Phi) is 5.91. The number of benzene rings is 2. The topological polar surface area (TPSA) is 114 Å². The van der Waals surface area contributed by atoms with Gasteiger partial charge < -0.3 is 10.1 Å². The fourth-order valence-electron chi connectivity index (χ4n) is 3.09. The molecule has 0 saturated carbocycles. The number of amides is 2. The van der Waals surface area contributed by atoms with E-state index in [0.717, 1.165) is 5.56 Å². The summed E-state index contributed by atoms with van der Waals surface area (Å²) in [5.41, 5.74) is 2.00. The summed E-state index contributed by atoms with van der Waals surface area (Å²) in [5, 5.41) is 10.4. The van der Waals surface area contributed by atoms with Crippen LogP contribution in [-0.2, 0) is 0 Å². The van der Waals surface area contributed by atoms with Gasteiger partial charge in [-0.25, -0.2) is 9.78 Å². The molecule has 2 aromatic carbocycles. The summed E-state index contributed by atoms with van der Waals surface area (Å²) in [7, 11) is 1.49. The molecular weight excluding hydrogens is 432 g/mol. The number of anilines is 2. The molecule has 0 saturated heterocycles. The second-order valence-corrected chi connectivity index (χ2v) is 7.26. The number of aryl methyl sites for hydroxylation is 1. The maximum absolute atomic E-state index is 12.8. The smallest absolute Gasteiger partial charge is 0.324 e. The summed E-state index contributed by atoms with van der Waals surface area (Å²) in [6.07, 6.45) is 0. The number of methoxy groups -OCH3 is 1. The molecule has 4 rings (SSSR count). The van der Waals surface area contributed by atoms with Crippen molar-refractivity contribution in [3.8, 4) is 23.0 Å². The maximum atomic E-state index is 12.8. The molecule has 4 aromatic rings. The molecule has 9 nitrogen and oxygen atoms in total. The molecule has 0 aliphatic rings. The van der Waals surface area contributed by atoms with Gasteiger partial charge in [0.25, 0.3) is 5.56 Å². The normalized spacial score (nSPS) is 10.6. The molecule has 0 spiro atoms. The van der Waals surface area contributed by atoms with E-state index in [0.29, 0.717) is 33.7 Å². The molecule has 10 heteroatoms. The number of carbonyl (C=O) groups excluding carboxylic acids is 1. The largest absolute Gasteiger partial charge is 0.495 e. The molecule has 0 aliphatic carbocycles. The van der Waals surface area contributed by atoms with Crippen LogP contribution in [0.3, 0.4) is 0 Å². The Labute approximate surface area is 188 Å². The quantitative estimate of drug-likeness (QED) is 0.421. The van der Waals surface area contributed by atoms with Gasteiger partial charge in [-0.2, -0.15) is 9.78 Å². The summed E-state index contributed by atoms with van der Waals surface area (Å²) in [6, 6.07) is 16.8. The minimum atomic E-state index is -0.554. The summed E-state index contributed by atoms with van der Waals surface area (Å²) in [4.78, 5) is 31.7. The number of aromatic amines is 1. The van der Waals surface area contributed by atoms with Gasteiger partial charge in [-0.05, 0) is 25.1 Å². The first-order chi connectivity index (χ1) is 15.4. The zero-order chi connectivity index (χ0) is 22.7. The van der Waals surface area contributed by atoms with Crippen LogP contribution in [0.5, 0.6) is 5.75 Å². The number of halogens is 1. The van der Waals surface area contributed by atoms with Gasteiger partial charge in [0.2, 0.25) is 5.95 Å². The second kappa shape index (κ2) is 8.94. The molecule has 2 heterocycles. The van der Waals surface area contributed by atoms with E-state index < -0.39 is 6.03 Å². The number of rotatable bonds is 5. The van der Waals surface area contributed by atoms with Crippen molar-refractivity contribution < 1.29 is 9.53 Å². The monoisotopic (exact) mass is 450 g/mol. The zero-order valence-electron chi connectivity index (χ0n) is 17.2. The number of nitrogens with one attached hydrogen (secondary N) is 3. The second-order valence-electron chi connectivity index (χ2n) is 6.83. The lowest BCUT2D eigenvalue weighted by Gasteiger charge is -2.12. The lowest BCUT2D eigenvalue weighted by Crippen LogP contribution is -2.23. The minimum Gasteiger partial charge on any atom is -0.495 e. The fourth-order valence-corrected chi connectivity index (χ4v) is 3.27. The van der Waals surface area contributed by atoms with Gasteiger partial charge in [-0.15, -0.1) is 0 Å². The third-order valence-electron chi connectivity index (χ3n) is 4.49. The number of hydrogen-bond acceptors (Lipinski definition) is 5. The average molecular weight is 451 g/mol. The highest BCUT2D eigenvalue weighted by atomic mass is 35.5. The van der Waals surface area contributed by atoms with Gasteiger partial charge in [0.05, 0.1) is 18.5 Å². The van der Waals surface area contributed by atoms with Crippen molar-refractivity contribution in [3.05, 3.63) is 81.7 Å². The van der Waals surface area contributed by atoms with E-state index in [1.165, 1.54) is 17.9 Å². The summed E-state index contributed by atoms with van der Waals surface area (Å²) >= 11 is 6.04. The lowest BCUT2D eigenvalue weighted by molar-refractivity contribution is 0.262. The predicted molar refractivity (Wildman–Crippen MR) is 123 cm³/mol. The Morgan fingerprint density at radius 2 is 1.88 bits per heavy atom. The molecular formula is C22H19ClN6O3. The number of urea groups is 1. The average Bonchev–Trinajstić information content (AvgIpc) is 3.17. The Morgan fingerprint density at radius 1 is 1.09 bits per heavy atom. The van der Waals surface area contributed by atoms with Gasteiger partial charge in [-0.3, -0.25) is 15.1 Å². The molecule has 0 radical (unpaired) electrons. The van der Waals surface area contributed by atoms with Gasteiger partial charge in [0.15, 0.2) is 0 Å². The summed E-state index contributed by atoms with van der Waals surface area (Å²) < 4.78 is 6.63. The maximum Gasteiger partial charge on any atom is 0.324 e. The molecule has 3 N–H and O–H groups in total. The van der Waals surface area contributed by atoms with Crippen molar-refractivity contribution in [1.82, 2.24) is 19.7 Å². The molecule has 2 amide bonds. The number of aromatic nitrogens is 4. The predicted octanol–water partition coefficient (Wildman–Crippen LogP) is 4.24. The number of hydrogen-bond donors (Lipinski definition) is 3. The van der Waals surface area contributed by atoms with Crippen LogP contribution in [-0.4, -0.2) is 32.9 Å². The highest BCUT2D eigenvalue weighted by Crippen LogP contribution is 2.28. The lowest BCUT2D eigenvalue weighted by atomic mass is 10.2. The van der Waals surface area contributed by atoms with Crippen LogP contribution >= 0.6 is 11.6 Å². The zero-order valence-corrected chi connectivity index (χ0v) is 18.0. The fraction of sp³-hybridized carbons (Fsp3) is 0.0909. The molecule has 0 aliphatic heterocycles. The Hall–Kier alpha value is -4.11. The van der Waals surface area contributed by atoms with Crippen LogP contribution < -0.4 is 20.9 Å². The van der Waals surface area contributed by atoms with Crippen LogP contribution in [0.1, 0.15) is 5.69 Å². The molecule has 0 unspecified atom stereocenters. The van der Waals surface area contributed by atoms with Crippen LogP contribution in [0, 0.1) is 6.92 Å². The van der Waals surface area contributed by atoms with Crippen LogP contribution in [0.2, 0.25) is 5.02 Å². The van der Waals surface area contributed by atoms with Gasteiger partial charge >= 0.3 is 6.03 Å². The Balaban J connectivity index is 1.71. The highest BCUT2D eigenvalue weighted by molar-refractivity contribution is 6.31. The van der Waals surface area contributed by atoms with Gasteiger partial charge in [-0.1, -0.05) is 41.9 Å². The third-order valence-corrected chi connectivity index (χ3v) is 4.72. The minimum absolute atomic E-state index is 0.174. The van der Waals surface area contributed by atoms with Crippen molar-refractivity contribution in [2.45, 2.75) is 6.92 Å². The van der Waals surface area contributed by atoms with E-state index in [2.05, 4.69) is 25.7 Å². The van der Waals surface area contributed by atoms with Crippen molar-refractivity contribution in [3.63, 3.8) is 0 Å². The molecule has 2 aromatic heterocycles. The summed E-state index contributed by atoms with van der Waals surface area (Å²) in [5.74, 6) is 0.927. The molecule has 0 fully saturated rings. The molecule has 32 heavy (non-hydrogen) atoms. The Bertz CT molecular complexity index is 1330. The van der Waals surface area contributed by atoms with Crippen molar-refractivity contribution in [2.24, 2.45) is 0 Å². The molecule has 162 valence electrons. The number of H-pyrrole nitrogens is 1. The first kappa shape index (κ1) is 21.1. The van der Waals surface area contributed by atoms with Crippen LogP contribution in [0.4, 0.5) is 16.3 Å². The van der Waals surface area contributed by atoms with E-state index >= 15 is 0 Å². The SMILES string of the molecule is COc1ccc(Cl)cc1NC(=O)Nc1cc(-c2ccccc2)nn1-c1nc(C)cc(=O)[nH]1. The molecule has 0 bridgehead atoms. The van der Waals surface area contributed by atoms with Gasteiger partial charge in [0, 0.05) is 28.4 Å². The number of ether oxygens (including phenoxy) is 1. The van der Waals surface area contributed by atoms with E-state index in [1.807, 2.05) is 30.3 Å². The van der Waals surface area contributed by atoms with Crippen LogP contribution in [0.25, 0.3) is 17.2 Å². The standard InChI is InChI=1S/C22H19ClN6O3/c1-13-10-20(30)27-21(24-13)29-19(12-16(28-29)14-6-4-3-5-7-14)26-22(31)25-17-11-15(23)8-9-18(17)32-2/h3-12H,1-2H3,(H,24,27,30)(H2,25,26,31). The number of nitrogens with zero attached hydrogens (tertiary/aromatic N) is 3. The van der Waals surface area contributed by atoms with Gasteiger partial charge in [0.1, 0.15) is 11.6 Å². The van der Waals surface area contributed by atoms with Crippen LogP contribution in [0.15, 0.2) is 65.5 Å².